The molecule has 0 spiro atoms. The Balaban J connectivity index is 2.12. The number of fused-ring (bicyclic) bond motifs is 1. The number of aliphatic hydroxyl groups excluding tert-OH is 2. The maximum Gasteiger partial charge on any atom is 0.311 e. The second-order valence-corrected chi connectivity index (χ2v) is 10.2. The zero-order chi connectivity index (χ0) is 23.3. The van der Waals surface area contributed by atoms with Crippen LogP contribution in [0.15, 0.2) is 23.8 Å². The van der Waals surface area contributed by atoms with E-state index in [1.807, 2.05) is 20.8 Å². The average molecular weight is 437 g/mol. The first-order chi connectivity index (χ1) is 14.4. The third-order valence-electron chi connectivity index (χ3n) is 7.08. The van der Waals surface area contributed by atoms with Gasteiger partial charge in [-0.2, -0.15) is 0 Å². The zero-order valence-electron chi connectivity index (χ0n) is 19.6. The van der Waals surface area contributed by atoms with Gasteiger partial charge in [0.05, 0.1) is 24.0 Å². The molecule has 0 heterocycles. The van der Waals surface area contributed by atoms with Crippen LogP contribution in [-0.2, 0) is 14.3 Å². The van der Waals surface area contributed by atoms with Crippen molar-refractivity contribution in [3.63, 3.8) is 0 Å². The number of hydrogen-bond donors (Lipinski definition) is 3. The third kappa shape index (κ3) is 6.91. The van der Waals surface area contributed by atoms with E-state index < -0.39 is 23.6 Å². The smallest absolute Gasteiger partial charge is 0.311 e. The SMILES string of the molecule is CCC(C)(C)C(=O)O[C@H]1C[C@H](C)C=C2C=C[C@@H](C)[C@@H](CC[C@H](O)C[C@@H](O)CC(=O)O)C21. The molecule has 1 unspecified atom stereocenters. The van der Waals surface area contributed by atoms with Gasteiger partial charge in [-0.05, 0) is 69.3 Å². The summed E-state index contributed by atoms with van der Waals surface area (Å²) in [4.78, 5) is 23.6. The first kappa shape index (κ1) is 25.6. The predicted molar refractivity (Wildman–Crippen MR) is 119 cm³/mol. The van der Waals surface area contributed by atoms with Crippen molar-refractivity contribution in [2.45, 2.75) is 91.5 Å². The summed E-state index contributed by atoms with van der Waals surface area (Å²) in [5.41, 5.74) is 0.682. The number of esters is 1. The van der Waals surface area contributed by atoms with Gasteiger partial charge in [0.2, 0.25) is 0 Å². The third-order valence-corrected chi connectivity index (χ3v) is 7.08. The Kier molecular flexibility index (Phi) is 8.90. The van der Waals surface area contributed by atoms with Gasteiger partial charge in [0.1, 0.15) is 6.10 Å². The van der Waals surface area contributed by atoms with Crippen LogP contribution in [0.5, 0.6) is 0 Å². The van der Waals surface area contributed by atoms with Crippen LogP contribution in [0.1, 0.15) is 73.1 Å². The highest BCUT2D eigenvalue weighted by atomic mass is 16.5. The van der Waals surface area contributed by atoms with E-state index in [2.05, 4.69) is 32.1 Å². The van der Waals surface area contributed by atoms with Gasteiger partial charge in [-0.3, -0.25) is 9.59 Å². The summed E-state index contributed by atoms with van der Waals surface area (Å²) in [6.45, 7) is 10.1. The first-order valence-electron chi connectivity index (χ1n) is 11.6. The molecular weight excluding hydrogens is 396 g/mol. The van der Waals surface area contributed by atoms with Crippen molar-refractivity contribution in [3.8, 4) is 0 Å². The number of carboxylic acid groups (broad SMARTS) is 1. The molecule has 6 nitrogen and oxygen atoms in total. The summed E-state index contributed by atoms with van der Waals surface area (Å²) in [7, 11) is 0. The lowest BCUT2D eigenvalue weighted by molar-refractivity contribution is -0.164. The molecule has 6 heteroatoms. The Morgan fingerprint density at radius 3 is 2.52 bits per heavy atom. The molecule has 31 heavy (non-hydrogen) atoms. The molecule has 0 aliphatic heterocycles. The first-order valence-corrected chi connectivity index (χ1v) is 11.6. The number of carboxylic acids is 1. The Labute approximate surface area is 186 Å². The average Bonchev–Trinajstić information content (AvgIpc) is 2.66. The van der Waals surface area contributed by atoms with E-state index in [0.717, 1.165) is 6.42 Å². The maximum atomic E-state index is 12.8. The van der Waals surface area contributed by atoms with E-state index in [9.17, 15) is 19.8 Å². The lowest BCUT2D eigenvalue weighted by Gasteiger charge is -2.44. The number of aliphatic hydroxyl groups is 2. The number of hydrogen-bond acceptors (Lipinski definition) is 5. The summed E-state index contributed by atoms with van der Waals surface area (Å²) < 4.78 is 6.10. The molecule has 3 N–H and O–H groups in total. The van der Waals surface area contributed by atoms with E-state index in [1.165, 1.54) is 5.57 Å². The minimum absolute atomic E-state index is 0.0523. The van der Waals surface area contributed by atoms with Gasteiger partial charge in [0.15, 0.2) is 0 Å². The number of carbonyl (C=O) groups is 2. The molecule has 0 saturated heterocycles. The molecule has 0 saturated carbocycles. The Hall–Kier alpha value is -1.66. The highest BCUT2D eigenvalue weighted by molar-refractivity contribution is 5.76. The van der Waals surface area contributed by atoms with Gasteiger partial charge in [-0.25, -0.2) is 0 Å². The van der Waals surface area contributed by atoms with Crippen molar-refractivity contribution in [1.82, 2.24) is 0 Å². The summed E-state index contributed by atoms with van der Waals surface area (Å²) in [6, 6.07) is 0. The molecule has 2 rings (SSSR count). The molecule has 2 aliphatic carbocycles. The van der Waals surface area contributed by atoms with Gasteiger partial charge in [-0.1, -0.05) is 39.0 Å². The largest absolute Gasteiger partial charge is 0.481 e. The zero-order valence-corrected chi connectivity index (χ0v) is 19.6. The molecule has 0 bridgehead atoms. The van der Waals surface area contributed by atoms with Gasteiger partial charge >= 0.3 is 11.9 Å². The molecule has 2 aliphatic rings. The Bertz CT molecular complexity index is 694. The van der Waals surface area contributed by atoms with E-state index in [1.54, 1.807) is 0 Å². The normalized spacial score (nSPS) is 30.2. The highest BCUT2D eigenvalue weighted by Gasteiger charge is 2.42. The van der Waals surface area contributed by atoms with E-state index in [0.29, 0.717) is 25.2 Å². The lowest BCUT2D eigenvalue weighted by atomic mass is 9.65. The van der Waals surface area contributed by atoms with Crippen LogP contribution in [0.2, 0.25) is 0 Å². The second-order valence-electron chi connectivity index (χ2n) is 10.2. The van der Waals surface area contributed by atoms with Crippen LogP contribution in [-0.4, -0.2) is 45.6 Å². The number of ether oxygens (including phenoxy) is 1. The number of rotatable bonds is 10. The number of aliphatic carboxylic acids is 1. The molecule has 0 amide bonds. The topological polar surface area (TPSA) is 104 Å². The van der Waals surface area contributed by atoms with E-state index in [4.69, 9.17) is 9.84 Å². The van der Waals surface area contributed by atoms with E-state index >= 15 is 0 Å². The minimum Gasteiger partial charge on any atom is -0.481 e. The lowest BCUT2D eigenvalue weighted by Crippen LogP contribution is -2.43. The van der Waals surface area contributed by atoms with Gasteiger partial charge in [-0.15, -0.1) is 0 Å². The predicted octanol–water partition coefficient (Wildman–Crippen LogP) is 4.11. The van der Waals surface area contributed by atoms with Gasteiger partial charge in [0.25, 0.3) is 0 Å². The molecule has 176 valence electrons. The van der Waals surface area contributed by atoms with Crippen LogP contribution in [0.25, 0.3) is 0 Å². The summed E-state index contributed by atoms with van der Waals surface area (Å²) in [5.74, 6) is -0.347. The number of allylic oxidation sites excluding steroid dienone is 3. The minimum atomic E-state index is -1.07. The maximum absolute atomic E-state index is 12.8. The standard InChI is InChI=1S/C25H40O6/c1-6-25(4,5)24(30)31-21-12-15(2)11-17-8-7-16(3)20(23(17)21)10-9-18(26)13-19(27)14-22(28)29/h7-8,11,15-16,18-21,23,26-27H,6,9-10,12-14H2,1-5H3,(H,28,29)/t15-,16-,18+,19-,20-,21+,23?/m1/s1. The van der Waals surface area contributed by atoms with Crippen LogP contribution < -0.4 is 0 Å². The van der Waals surface area contributed by atoms with Gasteiger partial charge in [0, 0.05) is 5.92 Å². The molecule has 0 aromatic carbocycles. The monoisotopic (exact) mass is 436 g/mol. The Morgan fingerprint density at radius 1 is 1.23 bits per heavy atom. The van der Waals surface area contributed by atoms with Crippen molar-refractivity contribution < 1.29 is 29.6 Å². The van der Waals surface area contributed by atoms with Crippen molar-refractivity contribution in [2.75, 3.05) is 0 Å². The van der Waals surface area contributed by atoms with Crippen LogP contribution >= 0.6 is 0 Å². The fourth-order valence-electron chi connectivity index (χ4n) is 4.76. The van der Waals surface area contributed by atoms with Crippen LogP contribution in [0.3, 0.4) is 0 Å². The van der Waals surface area contributed by atoms with Crippen molar-refractivity contribution in [2.24, 2.45) is 29.1 Å². The molecule has 0 aromatic heterocycles. The summed E-state index contributed by atoms with van der Waals surface area (Å²) >= 11 is 0. The molecule has 0 fully saturated rings. The van der Waals surface area contributed by atoms with Gasteiger partial charge < -0.3 is 20.1 Å². The second kappa shape index (κ2) is 10.8. The highest BCUT2D eigenvalue weighted by Crippen LogP contribution is 2.45. The van der Waals surface area contributed by atoms with Crippen LogP contribution in [0, 0.1) is 29.1 Å². The fourth-order valence-corrected chi connectivity index (χ4v) is 4.76. The summed E-state index contributed by atoms with van der Waals surface area (Å²) in [6.07, 6.45) is 6.98. The van der Waals surface area contributed by atoms with Crippen LogP contribution in [0.4, 0.5) is 0 Å². The Morgan fingerprint density at radius 2 is 1.90 bits per heavy atom. The molecule has 7 atom stereocenters. The quantitative estimate of drug-likeness (QED) is 0.445. The molecule has 0 aromatic rings. The summed E-state index contributed by atoms with van der Waals surface area (Å²) in [5, 5.41) is 29.0. The number of carbonyl (C=O) groups excluding carboxylic acids is 1. The molecular formula is C25H40O6. The van der Waals surface area contributed by atoms with Crippen molar-refractivity contribution >= 4 is 11.9 Å². The van der Waals surface area contributed by atoms with Crippen molar-refractivity contribution in [1.29, 1.82) is 0 Å². The van der Waals surface area contributed by atoms with E-state index in [-0.39, 0.29) is 42.7 Å². The fraction of sp³-hybridized carbons (Fsp3) is 0.760. The van der Waals surface area contributed by atoms with Crippen molar-refractivity contribution in [3.05, 3.63) is 23.8 Å². The molecule has 0 radical (unpaired) electrons.